The highest BCUT2D eigenvalue weighted by Gasteiger charge is 2.23. The van der Waals surface area contributed by atoms with E-state index in [-0.39, 0.29) is 5.92 Å². The number of hydrogen-bond donors (Lipinski definition) is 2. The van der Waals surface area contributed by atoms with Gasteiger partial charge in [-0.05, 0) is 43.1 Å². The van der Waals surface area contributed by atoms with Gasteiger partial charge in [-0.2, -0.15) is 0 Å². The molecule has 21 heavy (non-hydrogen) atoms. The van der Waals surface area contributed by atoms with Crippen LogP contribution in [-0.2, 0) is 6.54 Å². The Hall–Kier alpha value is -2.14. The van der Waals surface area contributed by atoms with Crippen LogP contribution < -0.4 is 5.73 Å². The van der Waals surface area contributed by atoms with Crippen LogP contribution in [0, 0.1) is 5.92 Å². The van der Waals surface area contributed by atoms with Crippen molar-refractivity contribution in [2.24, 2.45) is 16.8 Å². The second-order valence-corrected chi connectivity index (χ2v) is 5.63. The number of nitrogens with zero attached hydrogens (tertiary/aromatic N) is 3. The van der Waals surface area contributed by atoms with Gasteiger partial charge in [0.1, 0.15) is 5.84 Å². The minimum absolute atomic E-state index is 0.158. The van der Waals surface area contributed by atoms with Crippen LogP contribution in [0.15, 0.2) is 41.7 Å². The molecular formula is C16H20N4O. The van der Waals surface area contributed by atoms with E-state index in [4.69, 9.17) is 10.9 Å². The number of oxime groups is 1. The Morgan fingerprint density at radius 1 is 1.43 bits per heavy atom. The third-order valence-electron chi connectivity index (χ3n) is 4.11. The summed E-state index contributed by atoms with van der Waals surface area (Å²) in [5.74, 6) is 0.508. The van der Waals surface area contributed by atoms with E-state index in [0.717, 1.165) is 38.0 Å². The number of pyridine rings is 1. The first-order chi connectivity index (χ1) is 10.3. The van der Waals surface area contributed by atoms with Crippen LogP contribution in [0.2, 0.25) is 0 Å². The van der Waals surface area contributed by atoms with Gasteiger partial charge in [0.05, 0.1) is 5.52 Å². The predicted octanol–water partition coefficient (Wildman–Crippen LogP) is 2.19. The summed E-state index contributed by atoms with van der Waals surface area (Å²) >= 11 is 0. The third-order valence-corrected chi connectivity index (χ3v) is 4.11. The molecule has 5 heteroatoms. The maximum atomic E-state index is 8.82. The smallest absolute Gasteiger partial charge is 0.143 e. The van der Waals surface area contributed by atoms with Gasteiger partial charge in [-0.1, -0.05) is 17.3 Å². The van der Waals surface area contributed by atoms with Crippen molar-refractivity contribution in [1.82, 2.24) is 9.88 Å². The van der Waals surface area contributed by atoms with E-state index in [0.29, 0.717) is 5.84 Å². The zero-order valence-electron chi connectivity index (χ0n) is 11.9. The van der Waals surface area contributed by atoms with Gasteiger partial charge in [0, 0.05) is 30.6 Å². The van der Waals surface area contributed by atoms with Crippen molar-refractivity contribution >= 4 is 16.7 Å². The minimum atomic E-state index is 0.158. The van der Waals surface area contributed by atoms with Crippen LogP contribution >= 0.6 is 0 Å². The normalized spacial score (nSPS) is 20.8. The molecule has 0 saturated carbocycles. The standard InChI is InChI=1S/C16H20N4O/c17-16(19-21)14-4-2-8-20(11-14)10-12-5-6-15-13(9-12)3-1-7-18-15/h1,3,5-7,9,14,21H,2,4,8,10-11H2,(H2,17,19). The number of hydrogen-bond acceptors (Lipinski definition) is 4. The van der Waals surface area contributed by atoms with Crippen LogP contribution in [0.5, 0.6) is 0 Å². The van der Waals surface area contributed by atoms with Crippen molar-refractivity contribution in [2.75, 3.05) is 13.1 Å². The summed E-state index contributed by atoms with van der Waals surface area (Å²) in [5.41, 5.74) is 8.04. The Kier molecular flexibility index (Phi) is 4.01. The maximum absolute atomic E-state index is 8.82. The number of aromatic nitrogens is 1. The van der Waals surface area contributed by atoms with Gasteiger partial charge in [0.25, 0.3) is 0 Å². The lowest BCUT2D eigenvalue weighted by atomic mass is 9.96. The highest BCUT2D eigenvalue weighted by atomic mass is 16.4. The molecule has 1 unspecified atom stereocenters. The number of amidine groups is 1. The Labute approximate surface area is 124 Å². The molecule has 2 heterocycles. The van der Waals surface area contributed by atoms with Crippen molar-refractivity contribution in [3.8, 4) is 0 Å². The molecule has 0 aliphatic carbocycles. The van der Waals surface area contributed by atoms with Crippen molar-refractivity contribution < 1.29 is 5.21 Å². The molecule has 0 bridgehead atoms. The van der Waals surface area contributed by atoms with Crippen molar-refractivity contribution in [3.05, 3.63) is 42.1 Å². The molecule has 1 fully saturated rings. The number of likely N-dealkylation sites (tertiary alicyclic amines) is 1. The first kappa shape index (κ1) is 13.8. The van der Waals surface area contributed by atoms with Gasteiger partial charge in [-0.25, -0.2) is 0 Å². The maximum Gasteiger partial charge on any atom is 0.143 e. The van der Waals surface area contributed by atoms with Crippen LogP contribution in [0.25, 0.3) is 10.9 Å². The van der Waals surface area contributed by atoms with E-state index >= 15 is 0 Å². The SMILES string of the molecule is NC(=NO)C1CCCN(Cc2ccc3ncccc3c2)C1. The molecule has 110 valence electrons. The third kappa shape index (κ3) is 3.13. The van der Waals surface area contributed by atoms with Gasteiger partial charge < -0.3 is 10.9 Å². The van der Waals surface area contributed by atoms with Crippen LogP contribution in [0.1, 0.15) is 18.4 Å². The van der Waals surface area contributed by atoms with Crippen molar-refractivity contribution in [1.29, 1.82) is 0 Å². The highest BCUT2D eigenvalue weighted by molar-refractivity contribution is 5.82. The molecule has 0 amide bonds. The average Bonchev–Trinajstić information content (AvgIpc) is 2.54. The number of fused-ring (bicyclic) bond motifs is 1. The summed E-state index contributed by atoms with van der Waals surface area (Å²) in [6, 6.07) is 10.4. The number of nitrogens with two attached hydrogens (primary N) is 1. The molecular weight excluding hydrogens is 264 g/mol. The molecule has 1 aromatic heterocycles. The fraction of sp³-hybridized carbons (Fsp3) is 0.375. The summed E-state index contributed by atoms with van der Waals surface area (Å²) in [6.07, 6.45) is 3.89. The number of rotatable bonds is 3. The second kappa shape index (κ2) is 6.10. The predicted molar refractivity (Wildman–Crippen MR) is 83.2 cm³/mol. The van der Waals surface area contributed by atoms with E-state index in [2.05, 4.69) is 39.3 Å². The average molecular weight is 284 g/mol. The van der Waals surface area contributed by atoms with E-state index in [1.165, 1.54) is 10.9 Å². The fourth-order valence-electron chi connectivity index (χ4n) is 3.00. The summed E-state index contributed by atoms with van der Waals surface area (Å²) in [5, 5.41) is 13.1. The van der Waals surface area contributed by atoms with Crippen LogP contribution in [0.4, 0.5) is 0 Å². The van der Waals surface area contributed by atoms with E-state index in [9.17, 15) is 0 Å². The fourth-order valence-corrected chi connectivity index (χ4v) is 3.00. The molecule has 1 aliphatic rings. The van der Waals surface area contributed by atoms with Gasteiger partial charge in [0.15, 0.2) is 0 Å². The van der Waals surface area contributed by atoms with Gasteiger partial charge in [-0.3, -0.25) is 9.88 Å². The van der Waals surface area contributed by atoms with Crippen LogP contribution in [0.3, 0.4) is 0 Å². The largest absolute Gasteiger partial charge is 0.409 e. The summed E-state index contributed by atoms with van der Waals surface area (Å²) in [4.78, 5) is 6.71. The van der Waals surface area contributed by atoms with Gasteiger partial charge >= 0.3 is 0 Å². The van der Waals surface area contributed by atoms with E-state index in [1.54, 1.807) is 0 Å². The lowest BCUT2D eigenvalue weighted by molar-refractivity contribution is 0.193. The lowest BCUT2D eigenvalue weighted by Crippen LogP contribution is -2.40. The summed E-state index contributed by atoms with van der Waals surface area (Å²) in [7, 11) is 0. The van der Waals surface area contributed by atoms with Gasteiger partial charge in [-0.15, -0.1) is 0 Å². The van der Waals surface area contributed by atoms with Crippen molar-refractivity contribution in [2.45, 2.75) is 19.4 Å². The Morgan fingerprint density at radius 2 is 2.33 bits per heavy atom. The molecule has 1 aromatic carbocycles. The summed E-state index contributed by atoms with van der Waals surface area (Å²) in [6.45, 7) is 2.79. The first-order valence-corrected chi connectivity index (χ1v) is 7.29. The molecule has 0 radical (unpaired) electrons. The lowest BCUT2D eigenvalue weighted by Gasteiger charge is -2.32. The van der Waals surface area contributed by atoms with E-state index in [1.807, 2.05) is 12.3 Å². The number of piperidine rings is 1. The van der Waals surface area contributed by atoms with Gasteiger partial charge in [0.2, 0.25) is 0 Å². The zero-order valence-corrected chi connectivity index (χ0v) is 11.9. The second-order valence-electron chi connectivity index (χ2n) is 5.63. The topological polar surface area (TPSA) is 74.7 Å². The molecule has 1 aliphatic heterocycles. The molecule has 1 saturated heterocycles. The Balaban J connectivity index is 1.72. The van der Waals surface area contributed by atoms with Crippen molar-refractivity contribution in [3.63, 3.8) is 0 Å². The van der Waals surface area contributed by atoms with Crippen LogP contribution in [-0.4, -0.2) is 34.0 Å². The monoisotopic (exact) mass is 284 g/mol. The molecule has 0 spiro atoms. The first-order valence-electron chi connectivity index (χ1n) is 7.29. The summed E-state index contributed by atoms with van der Waals surface area (Å²) < 4.78 is 0. The Bertz CT molecular complexity index is 656. The molecule has 3 rings (SSSR count). The molecule has 2 aromatic rings. The molecule has 1 atom stereocenters. The quantitative estimate of drug-likeness (QED) is 0.392. The van der Waals surface area contributed by atoms with E-state index < -0.39 is 0 Å². The Morgan fingerprint density at radius 3 is 3.19 bits per heavy atom. The zero-order chi connectivity index (χ0) is 14.7. The molecule has 3 N–H and O–H groups in total. The molecule has 5 nitrogen and oxygen atoms in total. The highest BCUT2D eigenvalue weighted by Crippen LogP contribution is 2.20. The number of benzene rings is 1. The minimum Gasteiger partial charge on any atom is -0.409 e.